The lowest BCUT2D eigenvalue weighted by molar-refractivity contribution is -0.107. The van der Waals surface area contributed by atoms with Crippen LogP contribution in [0, 0.1) is 11.8 Å². The molecule has 0 amide bonds. The lowest BCUT2D eigenvalue weighted by Gasteiger charge is -2.13. The van der Waals surface area contributed by atoms with Crippen molar-refractivity contribution >= 4 is 16.8 Å². The topological polar surface area (TPSA) is 35.5 Å². The van der Waals surface area contributed by atoms with Crippen molar-refractivity contribution in [1.29, 1.82) is 0 Å². The quantitative estimate of drug-likeness (QED) is 0.613. The highest BCUT2D eigenvalue weighted by molar-refractivity contribution is 6.68. The standard InChI is InChI=1S/C13H13ClO3/c1-9(2)17-12-8-10(5-7-13(14)15)4-6-11(12)16-3/h4,6,8-9H,1-3H3. The van der Waals surface area contributed by atoms with E-state index in [1.165, 1.54) is 0 Å². The normalized spacial score (nSPS) is 9.47. The Morgan fingerprint density at radius 2 is 2.06 bits per heavy atom. The molecule has 1 aromatic rings. The summed E-state index contributed by atoms with van der Waals surface area (Å²) in [6, 6.07) is 5.19. The van der Waals surface area contributed by atoms with Gasteiger partial charge in [0, 0.05) is 5.56 Å². The highest BCUT2D eigenvalue weighted by atomic mass is 35.5. The van der Waals surface area contributed by atoms with E-state index in [1.54, 1.807) is 25.3 Å². The van der Waals surface area contributed by atoms with E-state index in [9.17, 15) is 4.79 Å². The molecule has 0 atom stereocenters. The van der Waals surface area contributed by atoms with E-state index in [2.05, 4.69) is 11.8 Å². The molecule has 0 unspecified atom stereocenters. The maximum Gasteiger partial charge on any atom is 0.296 e. The zero-order chi connectivity index (χ0) is 12.8. The number of hydrogen-bond donors (Lipinski definition) is 0. The lowest BCUT2D eigenvalue weighted by Crippen LogP contribution is -2.06. The predicted octanol–water partition coefficient (Wildman–Crippen LogP) is 2.60. The third-order valence-electron chi connectivity index (χ3n) is 1.83. The van der Waals surface area contributed by atoms with Crippen LogP contribution in [0.4, 0.5) is 0 Å². The van der Waals surface area contributed by atoms with Gasteiger partial charge in [0.1, 0.15) is 0 Å². The predicted molar refractivity (Wildman–Crippen MR) is 66.5 cm³/mol. The Labute approximate surface area is 106 Å². The van der Waals surface area contributed by atoms with Gasteiger partial charge >= 0.3 is 0 Å². The van der Waals surface area contributed by atoms with Crippen LogP contribution in [-0.2, 0) is 4.79 Å². The van der Waals surface area contributed by atoms with Crippen LogP contribution >= 0.6 is 11.6 Å². The molecule has 1 aromatic carbocycles. The molecule has 0 aromatic heterocycles. The summed E-state index contributed by atoms with van der Waals surface area (Å²) in [5.41, 5.74) is 0.649. The average Bonchev–Trinajstić information content (AvgIpc) is 2.25. The minimum Gasteiger partial charge on any atom is -0.493 e. The van der Waals surface area contributed by atoms with Gasteiger partial charge in [-0.15, -0.1) is 0 Å². The van der Waals surface area contributed by atoms with Crippen molar-refractivity contribution in [1.82, 2.24) is 0 Å². The van der Waals surface area contributed by atoms with Crippen LogP contribution in [0.15, 0.2) is 18.2 Å². The molecule has 4 heteroatoms. The zero-order valence-electron chi connectivity index (χ0n) is 9.91. The molecule has 3 nitrogen and oxygen atoms in total. The van der Waals surface area contributed by atoms with Crippen molar-refractivity contribution in [3.05, 3.63) is 23.8 Å². The molecule has 0 spiro atoms. The van der Waals surface area contributed by atoms with Gasteiger partial charge in [-0.2, -0.15) is 0 Å². The number of benzene rings is 1. The van der Waals surface area contributed by atoms with Gasteiger partial charge in [-0.05, 0) is 49.6 Å². The van der Waals surface area contributed by atoms with Crippen molar-refractivity contribution < 1.29 is 14.3 Å². The molecule has 1 rings (SSSR count). The van der Waals surface area contributed by atoms with Crippen LogP contribution in [0.5, 0.6) is 11.5 Å². The van der Waals surface area contributed by atoms with E-state index in [0.29, 0.717) is 17.1 Å². The summed E-state index contributed by atoms with van der Waals surface area (Å²) >= 11 is 5.14. The van der Waals surface area contributed by atoms with Crippen LogP contribution in [0.3, 0.4) is 0 Å². The van der Waals surface area contributed by atoms with E-state index in [1.807, 2.05) is 13.8 Å². The number of rotatable bonds is 3. The summed E-state index contributed by atoms with van der Waals surface area (Å²) in [7, 11) is 1.57. The van der Waals surface area contributed by atoms with Gasteiger partial charge in [-0.3, -0.25) is 4.79 Å². The van der Waals surface area contributed by atoms with Gasteiger partial charge in [0.15, 0.2) is 11.5 Å². The van der Waals surface area contributed by atoms with Gasteiger partial charge in [-0.1, -0.05) is 5.92 Å². The van der Waals surface area contributed by atoms with E-state index in [-0.39, 0.29) is 6.10 Å². The van der Waals surface area contributed by atoms with Crippen LogP contribution in [0.25, 0.3) is 0 Å². The molecule has 17 heavy (non-hydrogen) atoms. The summed E-state index contributed by atoms with van der Waals surface area (Å²) in [5.74, 6) is 6.12. The van der Waals surface area contributed by atoms with Crippen LogP contribution < -0.4 is 9.47 Å². The van der Waals surface area contributed by atoms with Crippen LogP contribution in [0.1, 0.15) is 19.4 Å². The Morgan fingerprint density at radius 3 is 2.59 bits per heavy atom. The first-order valence-corrected chi connectivity index (χ1v) is 5.47. The first-order chi connectivity index (χ1) is 8.02. The summed E-state index contributed by atoms with van der Waals surface area (Å²) in [6.07, 6.45) is 0.0294. The van der Waals surface area contributed by atoms with Crippen molar-refractivity contribution in [2.75, 3.05) is 7.11 Å². The monoisotopic (exact) mass is 252 g/mol. The molecule has 0 aliphatic heterocycles. The smallest absolute Gasteiger partial charge is 0.296 e. The highest BCUT2D eigenvalue weighted by Gasteiger charge is 2.06. The lowest BCUT2D eigenvalue weighted by atomic mass is 10.2. The van der Waals surface area contributed by atoms with Gasteiger partial charge in [-0.25, -0.2) is 0 Å². The Kier molecular flexibility index (Phi) is 4.86. The van der Waals surface area contributed by atoms with E-state index >= 15 is 0 Å². The van der Waals surface area contributed by atoms with Gasteiger partial charge in [0.25, 0.3) is 5.24 Å². The molecule has 0 bridgehead atoms. The van der Waals surface area contributed by atoms with E-state index < -0.39 is 5.24 Å². The summed E-state index contributed by atoms with van der Waals surface area (Å²) in [6.45, 7) is 3.83. The van der Waals surface area contributed by atoms with Crippen molar-refractivity contribution in [3.8, 4) is 23.3 Å². The highest BCUT2D eigenvalue weighted by Crippen LogP contribution is 2.28. The van der Waals surface area contributed by atoms with Gasteiger partial charge in [0.05, 0.1) is 13.2 Å². The summed E-state index contributed by atoms with van der Waals surface area (Å²) < 4.78 is 10.7. The third-order valence-corrected chi connectivity index (χ3v) is 1.93. The van der Waals surface area contributed by atoms with Crippen molar-refractivity contribution in [2.45, 2.75) is 20.0 Å². The number of halogens is 1. The number of ether oxygens (including phenoxy) is 2. The molecule has 0 radical (unpaired) electrons. The first-order valence-electron chi connectivity index (χ1n) is 5.09. The number of methoxy groups -OCH3 is 1. The Bertz CT molecular complexity index is 469. The summed E-state index contributed by atoms with van der Waals surface area (Å²) in [4.78, 5) is 10.5. The zero-order valence-corrected chi connectivity index (χ0v) is 10.7. The number of carbonyl (C=O) groups excluding carboxylic acids is 1. The molecule has 0 heterocycles. The molecule has 0 fully saturated rings. The molecule has 90 valence electrons. The van der Waals surface area contributed by atoms with Crippen molar-refractivity contribution in [3.63, 3.8) is 0 Å². The Morgan fingerprint density at radius 1 is 1.35 bits per heavy atom. The molecule has 0 aliphatic carbocycles. The number of hydrogen-bond acceptors (Lipinski definition) is 3. The van der Waals surface area contributed by atoms with Gasteiger partial charge < -0.3 is 9.47 Å². The second-order valence-corrected chi connectivity index (χ2v) is 3.90. The number of carbonyl (C=O) groups is 1. The fourth-order valence-electron chi connectivity index (χ4n) is 1.22. The fraction of sp³-hybridized carbons (Fsp3) is 0.308. The molecular formula is C13H13ClO3. The fourth-order valence-corrected chi connectivity index (χ4v) is 1.27. The maximum atomic E-state index is 10.5. The molecule has 0 N–H and O–H groups in total. The minimum atomic E-state index is -0.688. The third kappa shape index (κ3) is 4.38. The van der Waals surface area contributed by atoms with E-state index in [4.69, 9.17) is 21.1 Å². The molecular weight excluding hydrogens is 240 g/mol. The molecule has 0 saturated heterocycles. The van der Waals surface area contributed by atoms with Crippen molar-refractivity contribution in [2.24, 2.45) is 0 Å². The maximum absolute atomic E-state index is 10.5. The van der Waals surface area contributed by atoms with E-state index in [0.717, 1.165) is 0 Å². The Hall–Kier alpha value is -1.66. The van der Waals surface area contributed by atoms with Gasteiger partial charge in [0.2, 0.25) is 0 Å². The largest absolute Gasteiger partial charge is 0.493 e. The second-order valence-electron chi connectivity index (χ2n) is 3.56. The summed E-state index contributed by atoms with van der Waals surface area (Å²) in [5, 5.41) is -0.688. The molecule has 0 aliphatic rings. The van der Waals surface area contributed by atoms with Crippen LogP contribution in [-0.4, -0.2) is 18.5 Å². The molecule has 0 saturated carbocycles. The SMILES string of the molecule is COc1ccc(C#CC(=O)Cl)cc1OC(C)C. The average molecular weight is 253 g/mol. The second kappa shape index (κ2) is 6.17. The Balaban J connectivity index is 3.05. The first kappa shape index (κ1) is 13.4. The minimum absolute atomic E-state index is 0.0294. The van der Waals surface area contributed by atoms with Crippen LogP contribution in [0.2, 0.25) is 0 Å².